The minimum atomic E-state index is -3.74. The summed E-state index contributed by atoms with van der Waals surface area (Å²) in [7, 11) is -3.74. The number of sulfone groups is 1. The van der Waals surface area contributed by atoms with E-state index >= 15 is 0 Å². The molecule has 2 fully saturated rings. The maximum Gasteiger partial charge on any atom is 0.248 e. The molecule has 0 aromatic heterocycles. The van der Waals surface area contributed by atoms with E-state index in [2.05, 4.69) is 0 Å². The first-order chi connectivity index (χ1) is 9.42. The molecule has 0 bridgehead atoms. The molecule has 1 N–H and O–H groups in total. The van der Waals surface area contributed by atoms with Gasteiger partial charge in [0.25, 0.3) is 0 Å². The lowest BCUT2D eigenvalue weighted by molar-refractivity contribution is -0.140. The molecule has 3 atom stereocenters. The summed E-state index contributed by atoms with van der Waals surface area (Å²) in [5.41, 5.74) is 0.737. The second-order valence-electron chi connectivity index (χ2n) is 5.09. The molecular formula is C13H13NO5S. The predicted octanol–water partition coefficient (Wildman–Crippen LogP) is -0.670. The van der Waals surface area contributed by atoms with Crippen molar-refractivity contribution in [2.24, 2.45) is 5.92 Å². The summed E-state index contributed by atoms with van der Waals surface area (Å²) in [6, 6.07) is 8.85. The van der Waals surface area contributed by atoms with Crippen LogP contribution < -0.4 is 0 Å². The molecule has 0 aliphatic carbocycles. The zero-order valence-corrected chi connectivity index (χ0v) is 11.3. The van der Waals surface area contributed by atoms with Crippen molar-refractivity contribution in [3.63, 3.8) is 0 Å². The van der Waals surface area contributed by atoms with Crippen molar-refractivity contribution in [2.45, 2.75) is 17.9 Å². The SMILES string of the molecule is O=C1C2C(O)CS(=O)(=O)C2C(=O)N1Cc1ccccc1. The normalized spacial score (nSPS) is 31.6. The van der Waals surface area contributed by atoms with Crippen LogP contribution in [0.1, 0.15) is 5.56 Å². The number of imide groups is 1. The molecule has 106 valence electrons. The Morgan fingerprint density at radius 1 is 1.15 bits per heavy atom. The molecule has 0 saturated carbocycles. The standard InChI is InChI=1S/C13H13NO5S/c15-9-7-20(18,19)11-10(9)12(16)14(13(11)17)6-8-4-2-1-3-5-8/h1-5,9-11,15H,6-7H2. The zero-order chi connectivity index (χ0) is 14.5. The topological polar surface area (TPSA) is 91.7 Å². The Kier molecular flexibility index (Phi) is 2.91. The van der Waals surface area contributed by atoms with Crippen molar-refractivity contribution in [1.29, 1.82) is 0 Å². The van der Waals surface area contributed by atoms with Crippen molar-refractivity contribution in [1.82, 2.24) is 4.90 Å². The van der Waals surface area contributed by atoms with Gasteiger partial charge >= 0.3 is 0 Å². The first-order valence-corrected chi connectivity index (χ1v) is 7.92. The number of benzene rings is 1. The van der Waals surface area contributed by atoms with Crippen molar-refractivity contribution in [3.8, 4) is 0 Å². The summed E-state index contributed by atoms with van der Waals surface area (Å²) in [5, 5.41) is 8.32. The van der Waals surface area contributed by atoms with Gasteiger partial charge in [0.05, 0.1) is 24.3 Å². The molecule has 0 radical (unpaired) electrons. The van der Waals surface area contributed by atoms with Crippen LogP contribution in [0.25, 0.3) is 0 Å². The van der Waals surface area contributed by atoms with Gasteiger partial charge in [-0.15, -0.1) is 0 Å². The summed E-state index contributed by atoms with van der Waals surface area (Å²) in [6.45, 7) is 0.0355. The fourth-order valence-corrected chi connectivity index (χ4v) is 4.91. The fraction of sp³-hybridized carbons (Fsp3) is 0.385. The van der Waals surface area contributed by atoms with Crippen LogP contribution in [-0.4, -0.2) is 47.3 Å². The predicted molar refractivity (Wildman–Crippen MR) is 69.1 cm³/mol. The number of likely N-dealkylation sites (tertiary alicyclic amines) is 1. The Morgan fingerprint density at radius 2 is 1.80 bits per heavy atom. The van der Waals surface area contributed by atoms with Crippen molar-refractivity contribution in [2.75, 3.05) is 5.75 Å². The molecule has 6 nitrogen and oxygen atoms in total. The Bertz CT molecular complexity index is 669. The van der Waals surface area contributed by atoms with Crippen LogP contribution in [0.2, 0.25) is 0 Å². The number of amides is 2. The molecule has 2 saturated heterocycles. The molecule has 1 aromatic rings. The quantitative estimate of drug-likeness (QED) is 0.731. The number of hydrogen-bond acceptors (Lipinski definition) is 5. The maximum absolute atomic E-state index is 12.2. The highest BCUT2D eigenvalue weighted by molar-refractivity contribution is 7.93. The monoisotopic (exact) mass is 295 g/mol. The number of rotatable bonds is 2. The number of nitrogens with zero attached hydrogens (tertiary/aromatic N) is 1. The molecule has 0 spiro atoms. The van der Waals surface area contributed by atoms with Crippen molar-refractivity contribution in [3.05, 3.63) is 35.9 Å². The van der Waals surface area contributed by atoms with Gasteiger partial charge in [-0.25, -0.2) is 8.42 Å². The van der Waals surface area contributed by atoms with Gasteiger partial charge in [-0.3, -0.25) is 14.5 Å². The van der Waals surface area contributed by atoms with E-state index < -0.39 is 44.7 Å². The van der Waals surface area contributed by atoms with E-state index in [0.29, 0.717) is 0 Å². The Morgan fingerprint density at radius 3 is 2.40 bits per heavy atom. The number of fused-ring (bicyclic) bond motifs is 1. The highest BCUT2D eigenvalue weighted by atomic mass is 32.2. The molecular weight excluding hydrogens is 282 g/mol. The van der Waals surface area contributed by atoms with Crippen LogP contribution in [0.3, 0.4) is 0 Å². The van der Waals surface area contributed by atoms with E-state index in [1.54, 1.807) is 30.3 Å². The first-order valence-electron chi connectivity index (χ1n) is 6.20. The lowest BCUT2D eigenvalue weighted by Crippen LogP contribution is -2.35. The van der Waals surface area contributed by atoms with E-state index in [9.17, 15) is 23.1 Å². The number of carbonyl (C=O) groups is 2. The van der Waals surface area contributed by atoms with Gasteiger partial charge in [0.2, 0.25) is 11.8 Å². The maximum atomic E-state index is 12.2. The summed E-state index contributed by atoms with van der Waals surface area (Å²) < 4.78 is 23.7. The minimum absolute atomic E-state index is 0.0355. The van der Waals surface area contributed by atoms with E-state index in [1.165, 1.54) is 0 Å². The highest BCUT2D eigenvalue weighted by Gasteiger charge is 2.61. The Hall–Kier alpha value is -1.73. The number of aliphatic hydroxyl groups excluding tert-OH is 1. The molecule has 1 aromatic carbocycles. The number of carbonyl (C=O) groups excluding carboxylic acids is 2. The van der Waals surface area contributed by atoms with Gasteiger partial charge in [-0.1, -0.05) is 30.3 Å². The van der Waals surface area contributed by atoms with Crippen LogP contribution in [0.4, 0.5) is 0 Å². The van der Waals surface area contributed by atoms with Crippen LogP contribution in [0.5, 0.6) is 0 Å². The molecule has 2 amide bonds. The van der Waals surface area contributed by atoms with Crippen LogP contribution >= 0.6 is 0 Å². The lowest BCUT2D eigenvalue weighted by atomic mass is 10.0. The van der Waals surface area contributed by atoms with E-state index in [1.807, 2.05) is 0 Å². The Labute approximate surface area is 115 Å². The third kappa shape index (κ3) is 1.85. The fourth-order valence-electron chi connectivity index (χ4n) is 2.84. The van der Waals surface area contributed by atoms with E-state index in [0.717, 1.165) is 10.5 Å². The average molecular weight is 295 g/mol. The number of aliphatic hydroxyl groups is 1. The van der Waals surface area contributed by atoms with Gasteiger partial charge in [-0.05, 0) is 5.56 Å². The second-order valence-corrected chi connectivity index (χ2v) is 7.26. The molecule has 3 unspecified atom stereocenters. The summed E-state index contributed by atoms with van der Waals surface area (Å²) >= 11 is 0. The molecule has 2 aliphatic rings. The molecule has 7 heteroatoms. The average Bonchev–Trinajstić information content (AvgIpc) is 2.78. The van der Waals surface area contributed by atoms with Crippen LogP contribution in [0, 0.1) is 5.92 Å². The molecule has 3 rings (SSSR count). The van der Waals surface area contributed by atoms with E-state index in [-0.39, 0.29) is 6.54 Å². The zero-order valence-electron chi connectivity index (χ0n) is 10.5. The third-order valence-electron chi connectivity index (χ3n) is 3.77. The van der Waals surface area contributed by atoms with Crippen LogP contribution in [-0.2, 0) is 26.0 Å². The summed E-state index contributed by atoms with van der Waals surface area (Å²) in [6.07, 6.45) is -1.29. The second kappa shape index (κ2) is 4.39. The summed E-state index contributed by atoms with van der Waals surface area (Å²) in [4.78, 5) is 25.3. The van der Waals surface area contributed by atoms with Gasteiger partial charge in [-0.2, -0.15) is 0 Å². The lowest BCUT2D eigenvalue weighted by Gasteiger charge is -2.16. The Balaban J connectivity index is 1.93. The van der Waals surface area contributed by atoms with Gasteiger partial charge in [0, 0.05) is 0 Å². The van der Waals surface area contributed by atoms with Gasteiger partial charge < -0.3 is 5.11 Å². The smallest absolute Gasteiger partial charge is 0.248 e. The largest absolute Gasteiger partial charge is 0.391 e. The third-order valence-corrected chi connectivity index (χ3v) is 5.85. The van der Waals surface area contributed by atoms with Crippen molar-refractivity contribution < 1.29 is 23.1 Å². The summed E-state index contributed by atoms with van der Waals surface area (Å²) in [5.74, 6) is -2.98. The first kappa shape index (κ1) is 13.3. The van der Waals surface area contributed by atoms with Crippen LogP contribution in [0.15, 0.2) is 30.3 Å². The van der Waals surface area contributed by atoms with Gasteiger partial charge in [0.1, 0.15) is 0 Å². The molecule has 2 aliphatic heterocycles. The molecule has 20 heavy (non-hydrogen) atoms. The highest BCUT2D eigenvalue weighted by Crippen LogP contribution is 2.36. The number of hydrogen-bond donors (Lipinski definition) is 1. The van der Waals surface area contributed by atoms with Crippen molar-refractivity contribution >= 4 is 21.7 Å². The minimum Gasteiger partial charge on any atom is -0.391 e. The van der Waals surface area contributed by atoms with E-state index in [4.69, 9.17) is 0 Å². The molecule has 2 heterocycles. The van der Waals surface area contributed by atoms with Gasteiger partial charge in [0.15, 0.2) is 15.1 Å².